The third kappa shape index (κ3) is 4.41. The molecule has 27 heavy (non-hydrogen) atoms. The Hall–Kier alpha value is -1.71. The van der Waals surface area contributed by atoms with Crippen LogP contribution in [0.3, 0.4) is 0 Å². The van der Waals surface area contributed by atoms with Gasteiger partial charge in [0.1, 0.15) is 5.69 Å². The van der Waals surface area contributed by atoms with Crippen LogP contribution >= 0.6 is 35.1 Å². The van der Waals surface area contributed by atoms with Crippen molar-refractivity contribution >= 4 is 51.7 Å². The normalized spacial score (nSPS) is 12.4. The molecule has 0 radical (unpaired) electrons. The summed E-state index contributed by atoms with van der Waals surface area (Å²) < 4.78 is 23.7. The smallest absolute Gasteiger partial charge is 0.239 e. The van der Waals surface area contributed by atoms with Gasteiger partial charge in [0.05, 0.1) is 36.8 Å². The first kappa shape index (κ1) is 20.0. The fourth-order valence-electron chi connectivity index (χ4n) is 2.54. The number of anilines is 1. The van der Waals surface area contributed by atoms with E-state index >= 15 is 0 Å². The fourth-order valence-corrected chi connectivity index (χ4v) is 3.66. The number of hydrogen-bond donors (Lipinski definition) is 3. The van der Waals surface area contributed by atoms with Crippen LogP contribution in [0.5, 0.6) is 5.88 Å². The van der Waals surface area contributed by atoms with E-state index in [9.17, 15) is 9.50 Å². The number of rotatable bonds is 7. The number of ether oxygens (including phenoxy) is 1. The molecule has 3 N–H and O–H groups in total. The van der Waals surface area contributed by atoms with Crippen LogP contribution in [-0.2, 0) is 6.54 Å². The van der Waals surface area contributed by atoms with Gasteiger partial charge in [-0.05, 0) is 24.1 Å². The van der Waals surface area contributed by atoms with Gasteiger partial charge < -0.3 is 24.2 Å². The van der Waals surface area contributed by atoms with Crippen molar-refractivity contribution in [2.24, 2.45) is 0 Å². The highest BCUT2D eigenvalue weighted by atomic mass is 35.5. The summed E-state index contributed by atoms with van der Waals surface area (Å²) in [6.45, 7) is -0.151. The minimum Gasteiger partial charge on any atom is -0.479 e. The van der Waals surface area contributed by atoms with Crippen LogP contribution < -0.4 is 9.46 Å². The Morgan fingerprint density at radius 3 is 2.85 bits per heavy atom. The second-order valence-corrected chi connectivity index (χ2v) is 7.31. The molecule has 0 amide bonds. The maximum atomic E-state index is 13.7. The summed E-state index contributed by atoms with van der Waals surface area (Å²) in [4.78, 5) is 4.65. The quantitative estimate of drug-likeness (QED) is 0.388. The molecule has 0 bridgehead atoms. The van der Waals surface area contributed by atoms with Crippen molar-refractivity contribution in [1.29, 1.82) is 0 Å². The van der Waals surface area contributed by atoms with Crippen LogP contribution in [0.25, 0.3) is 10.9 Å². The van der Waals surface area contributed by atoms with Crippen molar-refractivity contribution in [2.45, 2.75) is 17.5 Å². The molecule has 6 nitrogen and oxygen atoms in total. The van der Waals surface area contributed by atoms with Gasteiger partial charge in [0.2, 0.25) is 5.88 Å². The van der Waals surface area contributed by atoms with E-state index < -0.39 is 11.9 Å². The molecular formula is C17H16Cl2FN3O3S. The number of hydrogen-bond acceptors (Lipinski definition) is 6. The Morgan fingerprint density at radius 1 is 1.37 bits per heavy atom. The van der Waals surface area contributed by atoms with Gasteiger partial charge in [0, 0.05) is 22.7 Å². The van der Waals surface area contributed by atoms with Crippen molar-refractivity contribution in [3.8, 4) is 5.88 Å². The highest BCUT2D eigenvalue weighted by Gasteiger charge is 2.15. The number of aliphatic hydroxyl groups is 2. The maximum absolute atomic E-state index is 13.7. The zero-order valence-corrected chi connectivity index (χ0v) is 16.4. The lowest BCUT2D eigenvalue weighted by Crippen LogP contribution is -2.19. The molecule has 0 fully saturated rings. The Kier molecular flexibility index (Phi) is 6.33. The van der Waals surface area contributed by atoms with Gasteiger partial charge in [-0.15, -0.1) is 0 Å². The van der Waals surface area contributed by atoms with Gasteiger partial charge in [-0.1, -0.05) is 29.3 Å². The molecule has 0 saturated heterocycles. The van der Waals surface area contributed by atoms with Crippen molar-refractivity contribution in [3.63, 3.8) is 0 Å². The topological polar surface area (TPSA) is 79.5 Å². The SMILES string of the molecule is COc1nc(Cl)c(F)cc1NSc1cn(CC(O)CO)c2cc(Cl)ccc12. The number of aromatic nitrogens is 2. The molecule has 3 rings (SSSR count). The molecule has 144 valence electrons. The van der Waals surface area contributed by atoms with Crippen LogP contribution in [0.4, 0.5) is 10.1 Å². The summed E-state index contributed by atoms with van der Waals surface area (Å²) in [5, 5.41) is 20.0. The molecule has 2 heterocycles. The summed E-state index contributed by atoms with van der Waals surface area (Å²) >= 11 is 13.0. The maximum Gasteiger partial charge on any atom is 0.239 e. The number of fused-ring (bicyclic) bond motifs is 1. The summed E-state index contributed by atoms with van der Waals surface area (Å²) in [5.74, 6) is -0.503. The molecule has 2 aromatic heterocycles. The number of methoxy groups -OCH3 is 1. The lowest BCUT2D eigenvalue weighted by Gasteiger charge is -2.10. The molecule has 10 heteroatoms. The van der Waals surface area contributed by atoms with E-state index in [1.807, 2.05) is 12.3 Å². The van der Waals surface area contributed by atoms with Gasteiger partial charge in [-0.3, -0.25) is 0 Å². The Bertz CT molecular complexity index is 970. The zero-order valence-electron chi connectivity index (χ0n) is 14.1. The monoisotopic (exact) mass is 431 g/mol. The number of pyridine rings is 1. The number of benzene rings is 1. The van der Waals surface area contributed by atoms with E-state index in [2.05, 4.69) is 9.71 Å². The summed E-state index contributed by atoms with van der Waals surface area (Å²) in [6.07, 6.45) is 0.907. The van der Waals surface area contributed by atoms with Gasteiger partial charge in [-0.2, -0.15) is 4.98 Å². The molecule has 1 atom stereocenters. The summed E-state index contributed by atoms with van der Waals surface area (Å²) in [6, 6.07) is 6.58. The van der Waals surface area contributed by atoms with Crippen LogP contribution in [0.15, 0.2) is 35.4 Å². The lowest BCUT2D eigenvalue weighted by molar-refractivity contribution is 0.0821. The zero-order chi connectivity index (χ0) is 19.6. The third-order valence-electron chi connectivity index (χ3n) is 3.79. The first-order chi connectivity index (χ1) is 12.9. The highest BCUT2D eigenvalue weighted by molar-refractivity contribution is 8.00. The highest BCUT2D eigenvalue weighted by Crippen LogP contribution is 2.35. The van der Waals surface area contributed by atoms with Gasteiger partial charge in [0.15, 0.2) is 11.0 Å². The molecule has 0 saturated carbocycles. The molecule has 3 aromatic rings. The van der Waals surface area contributed by atoms with Crippen LogP contribution in [0, 0.1) is 5.82 Å². The molecule has 0 spiro atoms. The number of aliphatic hydroxyl groups excluding tert-OH is 2. The van der Waals surface area contributed by atoms with Crippen LogP contribution in [0.1, 0.15) is 0 Å². The van der Waals surface area contributed by atoms with Crippen molar-refractivity contribution < 1.29 is 19.3 Å². The van der Waals surface area contributed by atoms with Crippen molar-refractivity contribution in [3.05, 3.63) is 46.5 Å². The summed E-state index contributed by atoms with van der Waals surface area (Å²) in [5.41, 5.74) is 1.13. The van der Waals surface area contributed by atoms with E-state index in [0.29, 0.717) is 10.7 Å². The fraction of sp³-hybridized carbons (Fsp3) is 0.235. The first-order valence-corrected chi connectivity index (χ1v) is 9.40. The second kappa shape index (κ2) is 8.53. The van der Waals surface area contributed by atoms with E-state index in [0.717, 1.165) is 15.8 Å². The first-order valence-electron chi connectivity index (χ1n) is 7.83. The van der Waals surface area contributed by atoms with Gasteiger partial charge >= 0.3 is 0 Å². The Morgan fingerprint density at radius 2 is 2.15 bits per heavy atom. The molecule has 0 aliphatic rings. The molecule has 0 aliphatic carbocycles. The standard InChI is InChI=1S/C17H16Cl2FN3O3S/c1-26-17-13(5-12(20)16(19)21-17)22-27-15-7-23(6-10(25)8-24)14-4-9(18)2-3-11(14)15/h2-5,7,10,22,24-25H,6,8H2,1H3. The Labute approximate surface area is 169 Å². The van der Waals surface area contributed by atoms with E-state index in [1.165, 1.54) is 25.1 Å². The molecule has 1 aromatic carbocycles. The molecule has 1 unspecified atom stereocenters. The molecular weight excluding hydrogens is 416 g/mol. The predicted octanol–water partition coefficient (Wildman–Crippen LogP) is 3.96. The average molecular weight is 432 g/mol. The van der Waals surface area contributed by atoms with Crippen molar-refractivity contribution in [1.82, 2.24) is 9.55 Å². The predicted molar refractivity (Wildman–Crippen MR) is 105 cm³/mol. The largest absolute Gasteiger partial charge is 0.479 e. The minimum absolute atomic E-state index is 0.163. The molecule has 0 aliphatic heterocycles. The number of nitrogens with one attached hydrogen (secondary N) is 1. The van der Waals surface area contributed by atoms with Crippen LogP contribution in [0.2, 0.25) is 10.2 Å². The van der Waals surface area contributed by atoms with Gasteiger partial charge in [-0.25, -0.2) is 4.39 Å². The summed E-state index contributed by atoms with van der Waals surface area (Å²) in [7, 11) is 1.41. The Balaban J connectivity index is 1.92. The number of halogens is 3. The lowest BCUT2D eigenvalue weighted by atomic mass is 10.2. The van der Waals surface area contributed by atoms with Crippen LogP contribution in [-0.4, -0.2) is 39.6 Å². The van der Waals surface area contributed by atoms with Crippen molar-refractivity contribution in [2.75, 3.05) is 18.4 Å². The third-order valence-corrected chi connectivity index (χ3v) is 5.16. The number of nitrogens with zero attached hydrogens (tertiary/aromatic N) is 2. The second-order valence-electron chi connectivity index (χ2n) is 5.67. The van der Waals surface area contributed by atoms with Gasteiger partial charge in [0.25, 0.3) is 0 Å². The van der Waals surface area contributed by atoms with E-state index in [-0.39, 0.29) is 24.2 Å². The minimum atomic E-state index is -0.903. The average Bonchev–Trinajstić information content (AvgIpc) is 2.98. The van der Waals surface area contributed by atoms with E-state index in [1.54, 1.807) is 16.7 Å². The van der Waals surface area contributed by atoms with E-state index in [4.69, 9.17) is 33.0 Å².